The molecular formula is C25H36F2N8O2. The molecule has 2 aromatic rings. The minimum Gasteiger partial charge on any atom is -0.480 e. The maximum absolute atomic E-state index is 12.9. The Morgan fingerprint density at radius 2 is 2.08 bits per heavy atom. The summed E-state index contributed by atoms with van der Waals surface area (Å²) < 4.78 is 25.8. The number of nitrogens with zero attached hydrogens (tertiary/aromatic N) is 5. The van der Waals surface area contributed by atoms with E-state index in [-0.39, 0.29) is 30.9 Å². The Balaban J connectivity index is 1.54. The molecule has 0 saturated heterocycles. The van der Waals surface area contributed by atoms with E-state index in [9.17, 15) is 18.7 Å². The number of nitrogen functional groups attached to an aromatic ring is 1. The van der Waals surface area contributed by atoms with Crippen LogP contribution < -0.4 is 16.4 Å². The molecule has 1 aliphatic rings. The lowest BCUT2D eigenvalue weighted by molar-refractivity contribution is -0.138. The Kier molecular flexibility index (Phi) is 10.9. The molecule has 5 N–H and O–H groups in total. The molecule has 1 atom stereocenters. The number of aryl methyl sites for hydroxylation is 2. The SMILES string of the molecule is CN=Cc1ncnc(N[C@@H](CCN(CCCCc2ccc3c(n2)NCCC3)CCC(F)F)C(=O)O)c1N. The van der Waals surface area contributed by atoms with Crippen LogP contribution in [0.1, 0.15) is 49.1 Å². The van der Waals surface area contributed by atoms with Gasteiger partial charge in [-0.2, -0.15) is 0 Å². The molecule has 202 valence electrons. The van der Waals surface area contributed by atoms with E-state index in [1.807, 2.05) is 4.90 Å². The average Bonchev–Trinajstić information content (AvgIpc) is 2.88. The molecule has 3 rings (SSSR count). The predicted octanol–water partition coefficient (Wildman–Crippen LogP) is 3.10. The van der Waals surface area contributed by atoms with E-state index in [0.29, 0.717) is 18.8 Å². The fraction of sp³-hybridized carbons (Fsp3) is 0.560. The van der Waals surface area contributed by atoms with Crippen molar-refractivity contribution in [1.82, 2.24) is 19.9 Å². The molecule has 0 saturated carbocycles. The molecule has 1 aliphatic heterocycles. The zero-order valence-corrected chi connectivity index (χ0v) is 21.2. The number of anilines is 3. The lowest BCUT2D eigenvalue weighted by Gasteiger charge is -2.25. The number of rotatable bonds is 15. The summed E-state index contributed by atoms with van der Waals surface area (Å²) >= 11 is 0. The van der Waals surface area contributed by atoms with Crippen LogP contribution in [0, 0.1) is 0 Å². The third-order valence-electron chi connectivity index (χ3n) is 6.28. The van der Waals surface area contributed by atoms with Gasteiger partial charge < -0.3 is 26.4 Å². The van der Waals surface area contributed by atoms with Crippen LogP contribution >= 0.6 is 0 Å². The van der Waals surface area contributed by atoms with Gasteiger partial charge in [0.15, 0.2) is 5.82 Å². The molecule has 0 radical (unpaired) electrons. The second-order valence-electron chi connectivity index (χ2n) is 9.05. The summed E-state index contributed by atoms with van der Waals surface area (Å²) in [6.07, 6.45) is 4.85. The number of halogens is 2. The average molecular weight is 519 g/mol. The summed E-state index contributed by atoms with van der Waals surface area (Å²) in [4.78, 5) is 30.4. The maximum Gasteiger partial charge on any atom is 0.326 e. The van der Waals surface area contributed by atoms with E-state index in [4.69, 9.17) is 10.7 Å². The van der Waals surface area contributed by atoms with Crippen molar-refractivity contribution in [2.75, 3.05) is 49.6 Å². The van der Waals surface area contributed by atoms with Gasteiger partial charge in [-0.3, -0.25) is 4.99 Å². The number of hydrogen-bond donors (Lipinski definition) is 4. The number of nitrogens with one attached hydrogen (secondary N) is 2. The summed E-state index contributed by atoms with van der Waals surface area (Å²) in [7, 11) is 1.57. The molecule has 37 heavy (non-hydrogen) atoms. The Morgan fingerprint density at radius 1 is 1.27 bits per heavy atom. The van der Waals surface area contributed by atoms with Crippen molar-refractivity contribution >= 4 is 29.5 Å². The molecule has 0 bridgehead atoms. The van der Waals surface area contributed by atoms with Gasteiger partial charge in [-0.25, -0.2) is 28.5 Å². The molecule has 3 heterocycles. The third kappa shape index (κ3) is 8.88. The first-order chi connectivity index (χ1) is 17.9. The summed E-state index contributed by atoms with van der Waals surface area (Å²) in [5, 5.41) is 15.9. The van der Waals surface area contributed by atoms with Crippen LogP contribution in [-0.4, -0.2) is 82.8 Å². The topological polar surface area (TPSA) is 142 Å². The zero-order valence-electron chi connectivity index (χ0n) is 21.2. The first kappa shape index (κ1) is 28.2. The minimum atomic E-state index is -2.41. The normalized spacial score (nSPS) is 14.1. The molecule has 2 aromatic heterocycles. The zero-order chi connectivity index (χ0) is 26.6. The van der Waals surface area contributed by atoms with Crippen LogP contribution in [0.15, 0.2) is 23.5 Å². The highest BCUT2D eigenvalue weighted by atomic mass is 19.3. The number of pyridine rings is 1. The Labute approximate surface area is 215 Å². The van der Waals surface area contributed by atoms with E-state index >= 15 is 0 Å². The number of carbonyl (C=O) groups is 1. The lowest BCUT2D eigenvalue weighted by atomic mass is 10.1. The third-order valence-corrected chi connectivity index (χ3v) is 6.28. The molecule has 0 unspecified atom stereocenters. The monoisotopic (exact) mass is 518 g/mol. The maximum atomic E-state index is 12.9. The predicted molar refractivity (Wildman–Crippen MR) is 141 cm³/mol. The quantitative estimate of drug-likeness (QED) is 0.207. The van der Waals surface area contributed by atoms with E-state index in [1.54, 1.807) is 7.05 Å². The summed E-state index contributed by atoms with van der Waals surface area (Å²) in [6.45, 7) is 2.06. The van der Waals surface area contributed by atoms with Crippen molar-refractivity contribution in [3.05, 3.63) is 35.4 Å². The van der Waals surface area contributed by atoms with Gasteiger partial charge in [0.1, 0.15) is 29.6 Å². The fourth-order valence-corrected chi connectivity index (χ4v) is 4.25. The number of hydrogen-bond acceptors (Lipinski definition) is 9. The first-order valence-electron chi connectivity index (χ1n) is 12.6. The van der Waals surface area contributed by atoms with Crippen LogP contribution in [0.5, 0.6) is 0 Å². The smallest absolute Gasteiger partial charge is 0.326 e. The van der Waals surface area contributed by atoms with Gasteiger partial charge in [-0.1, -0.05) is 6.07 Å². The number of carboxylic acid groups (broad SMARTS) is 1. The standard InChI is InChI=1S/C25H36F2N8O2/c1-29-15-20-22(28)24(32-16-31-20)34-19(25(36)37)9-13-35(14-10-21(26)27)12-3-2-6-18-8-7-17-5-4-11-30-23(17)33-18/h7-8,15-16,19,21H,2-6,9-14,28H2,1H3,(H,30,33)(H,36,37)(H,31,32,34)/t19-/m0/s1. The summed E-state index contributed by atoms with van der Waals surface area (Å²) in [5.41, 5.74) is 8.88. The molecule has 0 fully saturated rings. The van der Waals surface area contributed by atoms with E-state index in [2.05, 4.69) is 37.7 Å². The van der Waals surface area contributed by atoms with Crippen molar-refractivity contribution in [1.29, 1.82) is 0 Å². The van der Waals surface area contributed by atoms with Crippen molar-refractivity contribution < 1.29 is 18.7 Å². The fourth-order valence-electron chi connectivity index (χ4n) is 4.25. The van der Waals surface area contributed by atoms with Gasteiger partial charge in [0.05, 0.1) is 0 Å². The van der Waals surface area contributed by atoms with Gasteiger partial charge in [0.25, 0.3) is 0 Å². The highest BCUT2D eigenvalue weighted by Gasteiger charge is 2.21. The van der Waals surface area contributed by atoms with Gasteiger partial charge in [-0.05, 0) is 56.7 Å². The Bertz CT molecular complexity index is 1050. The second-order valence-corrected chi connectivity index (χ2v) is 9.05. The number of carboxylic acids is 1. The highest BCUT2D eigenvalue weighted by molar-refractivity contribution is 5.89. The summed E-state index contributed by atoms with van der Waals surface area (Å²) in [5.74, 6) is 0.0843. The second kappa shape index (κ2) is 14.4. The van der Waals surface area contributed by atoms with Gasteiger partial charge >= 0.3 is 5.97 Å². The van der Waals surface area contributed by atoms with Crippen LogP contribution in [0.2, 0.25) is 0 Å². The van der Waals surface area contributed by atoms with Crippen LogP contribution in [-0.2, 0) is 17.6 Å². The van der Waals surface area contributed by atoms with Crippen molar-refractivity contribution in [2.24, 2.45) is 4.99 Å². The van der Waals surface area contributed by atoms with Crippen LogP contribution in [0.3, 0.4) is 0 Å². The number of fused-ring (bicyclic) bond motifs is 1. The van der Waals surface area contributed by atoms with Crippen LogP contribution in [0.4, 0.5) is 26.1 Å². The molecule has 10 nitrogen and oxygen atoms in total. The number of nitrogens with two attached hydrogens (primary N) is 1. The van der Waals surface area contributed by atoms with E-state index in [1.165, 1.54) is 18.1 Å². The number of aromatic nitrogens is 3. The molecular weight excluding hydrogens is 482 g/mol. The van der Waals surface area contributed by atoms with Crippen LogP contribution in [0.25, 0.3) is 0 Å². The van der Waals surface area contributed by atoms with E-state index < -0.39 is 18.4 Å². The number of aliphatic carboxylic acids is 1. The largest absolute Gasteiger partial charge is 0.480 e. The van der Waals surface area contributed by atoms with Gasteiger partial charge in [0.2, 0.25) is 6.43 Å². The van der Waals surface area contributed by atoms with E-state index in [0.717, 1.165) is 50.2 Å². The molecule has 12 heteroatoms. The first-order valence-corrected chi connectivity index (χ1v) is 12.6. The Hall–Kier alpha value is -3.41. The molecule has 0 spiro atoms. The molecule has 0 aliphatic carbocycles. The Morgan fingerprint density at radius 3 is 2.84 bits per heavy atom. The van der Waals surface area contributed by atoms with Gasteiger partial charge in [-0.15, -0.1) is 0 Å². The highest BCUT2D eigenvalue weighted by Crippen LogP contribution is 2.21. The number of alkyl halides is 2. The summed E-state index contributed by atoms with van der Waals surface area (Å²) in [6, 6.07) is 3.19. The van der Waals surface area contributed by atoms with Gasteiger partial charge in [0, 0.05) is 45.0 Å². The minimum absolute atomic E-state index is 0.192. The lowest BCUT2D eigenvalue weighted by Crippen LogP contribution is -2.36. The van der Waals surface area contributed by atoms with Crippen molar-refractivity contribution in [2.45, 2.75) is 57.4 Å². The van der Waals surface area contributed by atoms with Crippen molar-refractivity contribution in [3.63, 3.8) is 0 Å². The molecule has 0 aromatic carbocycles. The number of aliphatic imine (C=N–C) groups is 1. The number of unbranched alkanes of at least 4 members (excludes halogenated alkanes) is 1. The molecule has 0 amide bonds. The van der Waals surface area contributed by atoms with Crippen molar-refractivity contribution in [3.8, 4) is 0 Å².